The van der Waals surface area contributed by atoms with Crippen molar-refractivity contribution in [1.29, 1.82) is 0 Å². The van der Waals surface area contributed by atoms with Gasteiger partial charge in [-0.3, -0.25) is 14.6 Å². The van der Waals surface area contributed by atoms with E-state index in [-0.39, 0.29) is 17.9 Å². The molecule has 3 aromatic heterocycles. The molecule has 3 aliphatic rings. The summed E-state index contributed by atoms with van der Waals surface area (Å²) in [7, 11) is 1.60. The fraction of sp³-hybridized carbons (Fsp3) is 0.424. The van der Waals surface area contributed by atoms with Gasteiger partial charge >= 0.3 is 0 Å². The molecule has 4 aromatic rings. The third-order valence-electron chi connectivity index (χ3n) is 9.09. The van der Waals surface area contributed by atoms with Gasteiger partial charge in [0.15, 0.2) is 5.13 Å². The van der Waals surface area contributed by atoms with E-state index in [1.165, 1.54) is 44.2 Å². The zero-order valence-electron chi connectivity index (χ0n) is 25.1. The Balaban J connectivity index is 1.19. The van der Waals surface area contributed by atoms with Crippen molar-refractivity contribution in [1.82, 2.24) is 30.0 Å². The number of amides is 2. The molecule has 0 bridgehead atoms. The van der Waals surface area contributed by atoms with Crippen LogP contribution in [0.15, 0.2) is 42.7 Å². The van der Waals surface area contributed by atoms with Crippen LogP contribution >= 0.6 is 11.3 Å². The number of nitrogens with zero attached hydrogens (tertiary/aromatic N) is 5. The monoisotopic (exact) mass is 611 g/mol. The van der Waals surface area contributed by atoms with Crippen molar-refractivity contribution in [3.63, 3.8) is 0 Å². The van der Waals surface area contributed by atoms with E-state index in [4.69, 9.17) is 14.8 Å². The lowest BCUT2D eigenvalue weighted by atomic mass is 9.90. The number of ether oxygens (including phenoxy) is 1. The molecular formula is C33H37N7O3S. The summed E-state index contributed by atoms with van der Waals surface area (Å²) in [6.07, 6.45) is 12.0. The van der Waals surface area contributed by atoms with Crippen LogP contribution in [0.2, 0.25) is 0 Å². The Morgan fingerprint density at radius 1 is 1.07 bits per heavy atom. The topological polar surface area (TPSA) is 114 Å². The minimum atomic E-state index is -0.154. The van der Waals surface area contributed by atoms with Crippen LogP contribution in [0.3, 0.4) is 0 Å². The van der Waals surface area contributed by atoms with Crippen molar-refractivity contribution in [3.8, 4) is 33.3 Å². The maximum Gasteiger partial charge on any atom is 0.255 e. The van der Waals surface area contributed by atoms with Gasteiger partial charge in [-0.05, 0) is 88.7 Å². The first-order valence-corrected chi connectivity index (χ1v) is 16.3. The van der Waals surface area contributed by atoms with E-state index in [9.17, 15) is 9.59 Å². The van der Waals surface area contributed by atoms with Gasteiger partial charge in [0, 0.05) is 48.6 Å². The summed E-state index contributed by atoms with van der Waals surface area (Å²) < 4.78 is 7.69. The number of fused-ring (bicyclic) bond motifs is 3. The summed E-state index contributed by atoms with van der Waals surface area (Å²) in [4.78, 5) is 37.9. The van der Waals surface area contributed by atoms with Gasteiger partial charge in [-0.1, -0.05) is 11.3 Å². The summed E-state index contributed by atoms with van der Waals surface area (Å²) in [6, 6.07) is 10.4. The number of hydrogen-bond acceptors (Lipinski definition) is 8. The molecule has 44 heavy (non-hydrogen) atoms. The molecule has 228 valence electrons. The first-order chi connectivity index (χ1) is 21.5. The van der Waals surface area contributed by atoms with E-state index in [1.807, 2.05) is 41.2 Å². The van der Waals surface area contributed by atoms with Crippen LogP contribution < -0.4 is 15.4 Å². The molecule has 2 fully saturated rings. The maximum absolute atomic E-state index is 13.5. The Kier molecular flexibility index (Phi) is 7.90. The summed E-state index contributed by atoms with van der Waals surface area (Å²) in [5.74, 6) is 0.234. The number of thiazole rings is 1. The van der Waals surface area contributed by atoms with Crippen molar-refractivity contribution in [2.24, 2.45) is 0 Å². The number of likely N-dealkylation sites (tertiary alicyclic amines) is 1. The molecule has 2 amide bonds. The lowest BCUT2D eigenvalue weighted by Crippen LogP contribution is -2.43. The van der Waals surface area contributed by atoms with Crippen LogP contribution in [-0.2, 0) is 17.6 Å². The second-order valence-electron chi connectivity index (χ2n) is 11.9. The Bertz CT molecular complexity index is 1680. The summed E-state index contributed by atoms with van der Waals surface area (Å²) in [5, 5.41) is 11.8. The van der Waals surface area contributed by atoms with Crippen LogP contribution in [0.1, 0.15) is 67.1 Å². The molecule has 2 aliphatic carbocycles. The molecule has 1 aliphatic heterocycles. The molecule has 1 saturated carbocycles. The standard InChI is InChI=1S/C33H37N7O3S/c1-20(41)35-33-37-27-14-13-26-29(21-6-5-15-34-19-21)38-40(30(26)31(27)44-33)24-11-12-25(28(18-24)43-2)32(42)36-22-7-9-23(10-8-22)39-16-3-4-17-39/h5-6,11-12,15,18-19,22-23H,3-4,7-10,13-14,16-17H2,1-2H3,(H,36,42)(H,35,37,41)/t22-,23+. The number of carbonyl (C=O) groups is 2. The first-order valence-electron chi connectivity index (χ1n) is 15.5. The van der Waals surface area contributed by atoms with E-state index in [0.29, 0.717) is 22.5 Å². The molecule has 0 radical (unpaired) electrons. The number of rotatable bonds is 7. The number of nitrogens with one attached hydrogen (secondary N) is 2. The third kappa shape index (κ3) is 5.50. The van der Waals surface area contributed by atoms with Crippen LogP contribution in [0.5, 0.6) is 5.75 Å². The summed E-state index contributed by atoms with van der Waals surface area (Å²) in [6.45, 7) is 3.92. The van der Waals surface area contributed by atoms with Crippen LogP contribution in [-0.4, -0.2) is 68.7 Å². The highest BCUT2D eigenvalue weighted by Gasteiger charge is 2.31. The molecule has 7 rings (SSSR count). The smallest absolute Gasteiger partial charge is 0.255 e. The van der Waals surface area contributed by atoms with E-state index < -0.39 is 0 Å². The predicted octanol–water partition coefficient (Wildman–Crippen LogP) is 5.26. The highest BCUT2D eigenvalue weighted by atomic mass is 32.1. The highest BCUT2D eigenvalue weighted by molar-refractivity contribution is 7.19. The Morgan fingerprint density at radius 3 is 2.61 bits per heavy atom. The van der Waals surface area contributed by atoms with E-state index >= 15 is 0 Å². The number of aromatic nitrogens is 4. The van der Waals surface area contributed by atoms with Gasteiger partial charge in [0.2, 0.25) is 5.91 Å². The van der Waals surface area contributed by atoms with Gasteiger partial charge in [0.1, 0.15) is 5.75 Å². The molecule has 10 nitrogen and oxygen atoms in total. The zero-order chi connectivity index (χ0) is 30.2. The number of anilines is 1. The molecule has 4 heterocycles. The van der Waals surface area contributed by atoms with Gasteiger partial charge in [-0.25, -0.2) is 9.67 Å². The number of benzene rings is 1. The molecule has 0 spiro atoms. The number of carbonyl (C=O) groups excluding carboxylic acids is 2. The third-order valence-corrected chi connectivity index (χ3v) is 10.1. The van der Waals surface area contributed by atoms with E-state index in [2.05, 4.69) is 20.5 Å². The zero-order valence-corrected chi connectivity index (χ0v) is 26.0. The normalized spacial score (nSPS) is 19.7. The number of aryl methyl sites for hydroxylation is 1. The number of hydrogen-bond donors (Lipinski definition) is 2. The lowest BCUT2D eigenvalue weighted by molar-refractivity contribution is -0.114. The van der Waals surface area contributed by atoms with Crippen LogP contribution in [0.25, 0.3) is 27.5 Å². The minimum absolute atomic E-state index is 0.110. The second kappa shape index (κ2) is 12.1. The fourth-order valence-electron chi connectivity index (χ4n) is 6.95. The quantitative estimate of drug-likeness (QED) is 0.293. The van der Waals surface area contributed by atoms with Gasteiger partial charge in [-0.15, -0.1) is 0 Å². The molecular weight excluding hydrogens is 574 g/mol. The second-order valence-corrected chi connectivity index (χ2v) is 12.9. The van der Waals surface area contributed by atoms with Crippen LogP contribution in [0, 0.1) is 0 Å². The molecule has 0 unspecified atom stereocenters. The average Bonchev–Trinajstić information content (AvgIpc) is 3.80. The van der Waals surface area contributed by atoms with Crippen molar-refractivity contribution in [3.05, 3.63) is 59.5 Å². The number of methoxy groups -OCH3 is 1. The van der Waals surface area contributed by atoms with Crippen molar-refractivity contribution < 1.29 is 14.3 Å². The molecule has 0 atom stereocenters. The van der Waals surface area contributed by atoms with Gasteiger partial charge in [-0.2, -0.15) is 5.10 Å². The first kappa shape index (κ1) is 28.7. The molecule has 2 N–H and O–H groups in total. The lowest BCUT2D eigenvalue weighted by Gasteiger charge is -2.34. The van der Waals surface area contributed by atoms with E-state index in [1.54, 1.807) is 13.3 Å². The largest absolute Gasteiger partial charge is 0.496 e. The fourth-order valence-corrected chi connectivity index (χ4v) is 8.07. The van der Waals surface area contributed by atoms with Gasteiger partial charge in [0.25, 0.3) is 5.91 Å². The summed E-state index contributed by atoms with van der Waals surface area (Å²) in [5.41, 5.74) is 6.06. The predicted molar refractivity (Wildman–Crippen MR) is 170 cm³/mol. The van der Waals surface area contributed by atoms with Crippen molar-refractivity contribution in [2.75, 3.05) is 25.5 Å². The van der Waals surface area contributed by atoms with Crippen molar-refractivity contribution >= 4 is 28.3 Å². The Hall–Kier alpha value is -4.09. The Morgan fingerprint density at radius 2 is 1.89 bits per heavy atom. The molecule has 1 aromatic carbocycles. The van der Waals surface area contributed by atoms with Crippen LogP contribution in [0.4, 0.5) is 5.13 Å². The number of pyridine rings is 1. The van der Waals surface area contributed by atoms with E-state index in [0.717, 1.165) is 77.3 Å². The summed E-state index contributed by atoms with van der Waals surface area (Å²) >= 11 is 1.45. The maximum atomic E-state index is 13.5. The average molecular weight is 612 g/mol. The Labute approximate surface area is 260 Å². The molecule has 1 saturated heterocycles. The van der Waals surface area contributed by atoms with Gasteiger partial charge < -0.3 is 20.3 Å². The molecule has 11 heteroatoms. The SMILES string of the molecule is COc1cc(-n2nc(-c3cccnc3)c3c2-c2sc(NC(C)=O)nc2CC3)ccc1C(=O)N[C@H]1CC[C@@H](N2CCCC2)CC1. The minimum Gasteiger partial charge on any atom is -0.496 e. The highest BCUT2D eigenvalue weighted by Crippen LogP contribution is 2.44. The van der Waals surface area contributed by atoms with Gasteiger partial charge in [0.05, 0.1) is 40.3 Å². The van der Waals surface area contributed by atoms with Crippen molar-refractivity contribution in [2.45, 2.75) is 70.4 Å².